The SMILES string of the molecule is COc1cc2ccccc2cc1C(=O)Nc1sc2c(c1-c1nc3ccccc3s1)CCN(Cc1ccccc1)C2. The van der Waals surface area contributed by atoms with Crippen LogP contribution in [0.3, 0.4) is 0 Å². The molecule has 1 aliphatic heterocycles. The third-order valence-electron chi connectivity index (χ3n) is 7.43. The van der Waals surface area contributed by atoms with Gasteiger partial charge in [-0.15, -0.1) is 22.7 Å². The Labute approximate surface area is 240 Å². The molecule has 4 aromatic carbocycles. The van der Waals surface area contributed by atoms with Gasteiger partial charge >= 0.3 is 0 Å². The molecule has 0 saturated heterocycles. The van der Waals surface area contributed by atoms with Gasteiger partial charge in [0.05, 0.1) is 22.9 Å². The molecule has 1 N–H and O–H groups in total. The quantitative estimate of drug-likeness (QED) is 0.224. The lowest BCUT2D eigenvalue weighted by molar-refractivity contribution is 0.102. The normalized spacial score (nSPS) is 13.4. The molecule has 0 unspecified atom stereocenters. The number of para-hydroxylation sites is 1. The van der Waals surface area contributed by atoms with Crippen LogP contribution in [0.25, 0.3) is 31.6 Å². The van der Waals surface area contributed by atoms with Crippen molar-refractivity contribution < 1.29 is 9.53 Å². The van der Waals surface area contributed by atoms with Crippen molar-refractivity contribution in [2.45, 2.75) is 19.5 Å². The Hall–Kier alpha value is -4.04. The number of nitrogens with one attached hydrogen (secondary N) is 1. The van der Waals surface area contributed by atoms with Crippen LogP contribution in [0, 0.1) is 0 Å². The zero-order chi connectivity index (χ0) is 27.1. The van der Waals surface area contributed by atoms with Crippen molar-refractivity contribution in [1.29, 1.82) is 0 Å². The molecule has 0 bridgehead atoms. The molecule has 0 radical (unpaired) electrons. The number of carbonyl (C=O) groups is 1. The van der Waals surface area contributed by atoms with Gasteiger partial charge in [-0.05, 0) is 52.6 Å². The Morgan fingerprint density at radius 1 is 0.950 bits per heavy atom. The Bertz CT molecular complexity index is 1830. The number of fused-ring (bicyclic) bond motifs is 3. The molecule has 2 aromatic heterocycles. The zero-order valence-corrected chi connectivity index (χ0v) is 23.6. The van der Waals surface area contributed by atoms with E-state index in [2.05, 4.69) is 46.6 Å². The van der Waals surface area contributed by atoms with Gasteiger partial charge in [0.2, 0.25) is 0 Å². The standard InChI is InChI=1S/C33H27N3O2S2/c1-38-27-18-23-12-6-5-11-22(23)17-25(27)31(37)35-33-30(32-34-26-13-7-8-14-28(26)39-32)24-15-16-36(20-29(24)40-33)19-21-9-3-2-4-10-21/h2-14,17-18H,15-16,19-20H2,1H3,(H,35,37). The van der Waals surface area contributed by atoms with Gasteiger partial charge in [-0.25, -0.2) is 4.98 Å². The summed E-state index contributed by atoms with van der Waals surface area (Å²) in [5.74, 6) is 0.387. The van der Waals surface area contributed by atoms with Crippen molar-refractivity contribution in [2.75, 3.05) is 19.0 Å². The molecule has 0 aliphatic carbocycles. The van der Waals surface area contributed by atoms with Crippen LogP contribution in [0.4, 0.5) is 5.00 Å². The molecule has 0 saturated carbocycles. The molecule has 3 heterocycles. The first-order valence-electron chi connectivity index (χ1n) is 13.3. The monoisotopic (exact) mass is 561 g/mol. The van der Waals surface area contributed by atoms with Gasteiger partial charge in [0, 0.05) is 30.1 Å². The molecule has 0 spiro atoms. The third-order valence-corrected chi connectivity index (χ3v) is 9.62. The van der Waals surface area contributed by atoms with Crippen LogP contribution in [0.5, 0.6) is 5.75 Å². The molecule has 1 aliphatic rings. The second kappa shape index (κ2) is 10.5. The fourth-order valence-electron chi connectivity index (χ4n) is 5.46. The molecule has 0 fully saturated rings. The number of ether oxygens (including phenoxy) is 1. The number of aromatic nitrogens is 1. The number of methoxy groups -OCH3 is 1. The number of nitrogens with zero attached hydrogens (tertiary/aromatic N) is 2. The minimum Gasteiger partial charge on any atom is -0.496 e. The van der Waals surface area contributed by atoms with Gasteiger partial charge in [0.1, 0.15) is 15.8 Å². The number of carbonyl (C=O) groups excluding carboxylic acids is 1. The Morgan fingerprint density at radius 2 is 1.70 bits per heavy atom. The van der Waals surface area contributed by atoms with Crippen molar-refractivity contribution in [3.05, 3.63) is 113 Å². The summed E-state index contributed by atoms with van der Waals surface area (Å²) in [5, 5.41) is 7.13. The van der Waals surface area contributed by atoms with Gasteiger partial charge in [-0.3, -0.25) is 9.69 Å². The van der Waals surface area contributed by atoms with Crippen LogP contribution in [0.2, 0.25) is 0 Å². The Morgan fingerprint density at radius 3 is 2.50 bits per heavy atom. The van der Waals surface area contributed by atoms with Gasteiger partial charge in [-0.1, -0.05) is 66.7 Å². The summed E-state index contributed by atoms with van der Waals surface area (Å²) >= 11 is 3.36. The number of hydrogen-bond acceptors (Lipinski definition) is 6. The first-order valence-corrected chi connectivity index (χ1v) is 14.9. The van der Waals surface area contributed by atoms with E-state index in [4.69, 9.17) is 9.72 Å². The second-order valence-corrected chi connectivity index (χ2v) is 12.1. The summed E-state index contributed by atoms with van der Waals surface area (Å²) in [7, 11) is 1.61. The minimum absolute atomic E-state index is 0.176. The van der Waals surface area contributed by atoms with E-state index < -0.39 is 0 Å². The summed E-state index contributed by atoms with van der Waals surface area (Å²) in [6.07, 6.45) is 0.916. The van der Waals surface area contributed by atoms with Crippen LogP contribution in [-0.4, -0.2) is 29.4 Å². The topological polar surface area (TPSA) is 54.5 Å². The van der Waals surface area contributed by atoms with Crippen LogP contribution in [-0.2, 0) is 19.5 Å². The Balaban J connectivity index is 1.28. The van der Waals surface area contributed by atoms with Crippen molar-refractivity contribution in [1.82, 2.24) is 9.88 Å². The highest BCUT2D eigenvalue weighted by molar-refractivity contribution is 7.23. The Kier molecular flexibility index (Phi) is 6.55. The van der Waals surface area contributed by atoms with E-state index in [-0.39, 0.29) is 5.91 Å². The number of rotatable bonds is 6. The summed E-state index contributed by atoms with van der Waals surface area (Å²) in [5.41, 5.74) is 5.18. The number of anilines is 1. The molecule has 5 nitrogen and oxygen atoms in total. The summed E-state index contributed by atoms with van der Waals surface area (Å²) < 4.78 is 6.79. The first kappa shape index (κ1) is 25.0. The van der Waals surface area contributed by atoms with Crippen molar-refractivity contribution in [3.8, 4) is 16.3 Å². The van der Waals surface area contributed by atoms with E-state index in [0.29, 0.717) is 11.3 Å². The van der Waals surface area contributed by atoms with Crippen LogP contribution >= 0.6 is 22.7 Å². The number of thiophene rings is 1. The predicted molar refractivity (Wildman–Crippen MR) is 166 cm³/mol. The van der Waals surface area contributed by atoms with E-state index >= 15 is 0 Å². The third kappa shape index (κ3) is 4.66. The molecule has 198 valence electrons. The highest BCUT2D eigenvalue weighted by Gasteiger charge is 2.28. The highest BCUT2D eigenvalue weighted by Crippen LogP contribution is 2.46. The highest BCUT2D eigenvalue weighted by atomic mass is 32.1. The molecule has 7 heteroatoms. The maximum atomic E-state index is 13.8. The number of amides is 1. The average molecular weight is 562 g/mol. The molecule has 0 atom stereocenters. The van der Waals surface area contributed by atoms with Crippen LogP contribution in [0.1, 0.15) is 26.4 Å². The summed E-state index contributed by atoms with van der Waals surface area (Å²) in [6.45, 7) is 2.72. The van der Waals surface area contributed by atoms with Crippen molar-refractivity contribution in [2.24, 2.45) is 0 Å². The van der Waals surface area contributed by atoms with Crippen LogP contribution in [0.15, 0.2) is 91.0 Å². The van der Waals surface area contributed by atoms with Gasteiger partial charge < -0.3 is 10.1 Å². The maximum Gasteiger partial charge on any atom is 0.260 e. The van der Waals surface area contributed by atoms with E-state index in [9.17, 15) is 4.79 Å². The summed E-state index contributed by atoms with van der Waals surface area (Å²) in [4.78, 5) is 22.6. The lowest BCUT2D eigenvalue weighted by Crippen LogP contribution is -2.29. The summed E-state index contributed by atoms with van der Waals surface area (Å²) in [6, 6.07) is 30.7. The number of benzene rings is 4. The fraction of sp³-hybridized carbons (Fsp3) is 0.152. The lowest BCUT2D eigenvalue weighted by Gasteiger charge is -2.27. The lowest BCUT2D eigenvalue weighted by atomic mass is 10.0. The van der Waals surface area contributed by atoms with Gasteiger partial charge in [0.25, 0.3) is 5.91 Å². The van der Waals surface area contributed by atoms with E-state index in [1.165, 1.54) is 16.0 Å². The second-order valence-electron chi connectivity index (χ2n) is 9.99. The zero-order valence-electron chi connectivity index (χ0n) is 22.0. The van der Waals surface area contributed by atoms with Crippen LogP contribution < -0.4 is 10.1 Å². The molecule has 7 rings (SSSR count). The molecular formula is C33H27N3O2S2. The number of hydrogen-bond donors (Lipinski definition) is 1. The molecule has 1 amide bonds. The van der Waals surface area contributed by atoms with Crippen molar-refractivity contribution in [3.63, 3.8) is 0 Å². The van der Waals surface area contributed by atoms with E-state index in [1.54, 1.807) is 29.8 Å². The van der Waals surface area contributed by atoms with E-state index in [1.807, 2.05) is 54.6 Å². The van der Waals surface area contributed by atoms with E-state index in [0.717, 1.165) is 62.6 Å². The smallest absolute Gasteiger partial charge is 0.260 e. The number of thiazole rings is 1. The predicted octanol–water partition coefficient (Wildman–Crippen LogP) is 8.00. The molecule has 6 aromatic rings. The van der Waals surface area contributed by atoms with Gasteiger partial charge in [-0.2, -0.15) is 0 Å². The average Bonchev–Trinajstić information content (AvgIpc) is 3.57. The molecular weight excluding hydrogens is 535 g/mol. The largest absolute Gasteiger partial charge is 0.496 e. The fourth-order valence-corrected chi connectivity index (χ4v) is 7.86. The van der Waals surface area contributed by atoms with Gasteiger partial charge in [0.15, 0.2) is 0 Å². The van der Waals surface area contributed by atoms with Crippen molar-refractivity contribution >= 4 is 54.6 Å². The maximum absolute atomic E-state index is 13.8. The molecule has 40 heavy (non-hydrogen) atoms. The minimum atomic E-state index is -0.176. The first-order chi connectivity index (χ1) is 19.7.